The predicted molar refractivity (Wildman–Crippen MR) is 111 cm³/mol. The highest BCUT2D eigenvalue weighted by atomic mass is 19.2. The third kappa shape index (κ3) is 4.18. The highest BCUT2D eigenvalue weighted by Crippen LogP contribution is 2.27. The van der Waals surface area contributed by atoms with Gasteiger partial charge in [0.1, 0.15) is 12.4 Å². The van der Waals surface area contributed by atoms with E-state index < -0.39 is 23.4 Å². The molecule has 1 amide bonds. The quantitative estimate of drug-likeness (QED) is 0.442. The van der Waals surface area contributed by atoms with Gasteiger partial charge in [0.25, 0.3) is 5.91 Å². The Morgan fingerprint density at radius 2 is 2.00 bits per heavy atom. The fourth-order valence-corrected chi connectivity index (χ4v) is 3.43. The minimum absolute atomic E-state index is 0.0625. The van der Waals surface area contributed by atoms with Gasteiger partial charge in [-0.15, -0.1) is 0 Å². The van der Waals surface area contributed by atoms with Gasteiger partial charge in [0.05, 0.1) is 31.4 Å². The molecule has 1 fully saturated rings. The zero-order valence-corrected chi connectivity index (χ0v) is 17.4. The second-order valence-corrected chi connectivity index (χ2v) is 7.27. The average molecular weight is 443 g/mol. The lowest BCUT2D eigenvalue weighted by Crippen LogP contribution is -2.39. The van der Waals surface area contributed by atoms with Crippen LogP contribution in [0.5, 0.6) is 5.75 Å². The van der Waals surface area contributed by atoms with Gasteiger partial charge in [0.15, 0.2) is 23.2 Å². The molecule has 0 saturated carbocycles. The van der Waals surface area contributed by atoms with Crippen molar-refractivity contribution >= 4 is 12.0 Å². The van der Waals surface area contributed by atoms with Gasteiger partial charge in [-0.05, 0) is 36.8 Å². The van der Waals surface area contributed by atoms with E-state index in [2.05, 4.69) is 4.98 Å². The first-order valence-electron chi connectivity index (χ1n) is 9.82. The van der Waals surface area contributed by atoms with Crippen LogP contribution in [0.15, 0.2) is 48.6 Å². The molecule has 0 N–H and O–H groups in total. The zero-order valence-electron chi connectivity index (χ0n) is 17.4. The Bertz CT molecular complexity index is 1210. The van der Waals surface area contributed by atoms with E-state index in [1.807, 2.05) is 23.8 Å². The van der Waals surface area contributed by atoms with E-state index in [4.69, 9.17) is 9.47 Å². The Labute approximate surface area is 182 Å². The van der Waals surface area contributed by atoms with E-state index in [1.54, 1.807) is 31.6 Å². The highest BCUT2D eigenvalue weighted by Gasteiger charge is 2.26. The van der Waals surface area contributed by atoms with Crippen LogP contribution in [0.1, 0.15) is 16.8 Å². The number of benzene rings is 2. The van der Waals surface area contributed by atoms with Gasteiger partial charge in [-0.1, -0.05) is 12.1 Å². The molecule has 1 saturated heterocycles. The summed E-state index contributed by atoms with van der Waals surface area (Å²) in [6.07, 6.45) is 5.09. The summed E-state index contributed by atoms with van der Waals surface area (Å²) in [7, 11) is 1.54. The summed E-state index contributed by atoms with van der Waals surface area (Å²) in [6, 6.07) is 7.34. The van der Waals surface area contributed by atoms with Gasteiger partial charge in [-0.3, -0.25) is 4.79 Å². The molecular formula is C23H20F3N3O3. The van der Waals surface area contributed by atoms with Gasteiger partial charge in [0, 0.05) is 18.3 Å². The number of carbonyl (C=O) groups is 1. The first kappa shape index (κ1) is 21.5. The lowest BCUT2D eigenvalue weighted by atomic mass is 10.1. The van der Waals surface area contributed by atoms with Gasteiger partial charge in [-0.2, -0.15) is 0 Å². The summed E-state index contributed by atoms with van der Waals surface area (Å²) < 4.78 is 53.6. The van der Waals surface area contributed by atoms with Crippen LogP contribution < -0.4 is 4.74 Å². The number of imidazole rings is 1. The molecule has 0 unspecified atom stereocenters. The zero-order chi connectivity index (χ0) is 22.8. The standard InChI is InChI=1S/C23H20F3N3O3/c1-14-11-29(13-27-14)18-6-3-15(9-19(18)31-2)10-20-23(30)28(7-8-32-20)12-16-4-5-17(24)22(26)21(16)25/h3-6,9-11,13H,7-8,12H2,1-2H3. The van der Waals surface area contributed by atoms with Crippen LogP contribution in [0, 0.1) is 24.4 Å². The van der Waals surface area contributed by atoms with Crippen molar-refractivity contribution in [1.82, 2.24) is 14.5 Å². The molecule has 3 aromatic rings. The lowest BCUT2D eigenvalue weighted by molar-refractivity contribution is -0.136. The van der Waals surface area contributed by atoms with Gasteiger partial charge in [0.2, 0.25) is 0 Å². The van der Waals surface area contributed by atoms with E-state index in [0.29, 0.717) is 11.3 Å². The molecule has 32 heavy (non-hydrogen) atoms. The van der Waals surface area contributed by atoms with Crippen LogP contribution in [0.4, 0.5) is 13.2 Å². The summed E-state index contributed by atoms with van der Waals surface area (Å²) in [4.78, 5) is 18.4. The molecule has 6 nitrogen and oxygen atoms in total. The van der Waals surface area contributed by atoms with Crippen LogP contribution in [-0.4, -0.2) is 40.6 Å². The third-order valence-electron chi connectivity index (χ3n) is 5.08. The maximum atomic E-state index is 14.0. The maximum Gasteiger partial charge on any atom is 0.289 e. The van der Waals surface area contributed by atoms with E-state index in [1.165, 1.54) is 4.90 Å². The number of aryl methyl sites for hydroxylation is 1. The molecule has 0 spiro atoms. The Morgan fingerprint density at radius 1 is 1.19 bits per heavy atom. The third-order valence-corrected chi connectivity index (χ3v) is 5.08. The SMILES string of the molecule is COc1cc(C=C2OCCN(Cc3ccc(F)c(F)c3F)C2=O)ccc1-n1cnc(C)c1. The number of hydrogen-bond acceptors (Lipinski definition) is 4. The molecule has 1 aliphatic rings. The van der Waals surface area contributed by atoms with E-state index in [-0.39, 0.29) is 31.0 Å². The molecular weight excluding hydrogens is 423 g/mol. The monoisotopic (exact) mass is 443 g/mol. The number of carbonyl (C=O) groups excluding carboxylic acids is 1. The Morgan fingerprint density at radius 3 is 2.72 bits per heavy atom. The predicted octanol–water partition coefficient (Wildman–Crippen LogP) is 4.01. The van der Waals surface area contributed by atoms with Crippen LogP contribution in [0.2, 0.25) is 0 Å². The van der Waals surface area contributed by atoms with Crippen molar-refractivity contribution in [3.05, 3.63) is 82.9 Å². The second-order valence-electron chi connectivity index (χ2n) is 7.27. The van der Waals surface area contributed by atoms with E-state index in [9.17, 15) is 18.0 Å². The minimum Gasteiger partial charge on any atom is -0.495 e. The molecule has 9 heteroatoms. The van der Waals surface area contributed by atoms with Crippen molar-refractivity contribution in [3.63, 3.8) is 0 Å². The van der Waals surface area contributed by atoms with Crippen molar-refractivity contribution in [2.24, 2.45) is 0 Å². The number of ether oxygens (including phenoxy) is 2. The number of halogens is 3. The lowest BCUT2D eigenvalue weighted by Gasteiger charge is -2.29. The number of aromatic nitrogens is 2. The second kappa shape index (κ2) is 8.78. The summed E-state index contributed by atoms with van der Waals surface area (Å²) >= 11 is 0. The number of methoxy groups -OCH3 is 1. The normalized spacial score (nSPS) is 15.2. The number of hydrogen-bond donors (Lipinski definition) is 0. The molecule has 1 aliphatic heterocycles. The first-order valence-corrected chi connectivity index (χ1v) is 9.82. The highest BCUT2D eigenvalue weighted by molar-refractivity contribution is 5.96. The Balaban J connectivity index is 1.57. The summed E-state index contributed by atoms with van der Waals surface area (Å²) in [5.41, 5.74) is 2.19. The van der Waals surface area contributed by atoms with Gasteiger partial charge < -0.3 is 18.9 Å². The number of amides is 1. The Kier molecular flexibility index (Phi) is 5.89. The number of morpholine rings is 1. The molecule has 2 aromatic carbocycles. The van der Waals surface area contributed by atoms with Crippen molar-refractivity contribution in [3.8, 4) is 11.4 Å². The van der Waals surface area contributed by atoms with Crippen LogP contribution >= 0.6 is 0 Å². The molecule has 4 rings (SSSR count). The average Bonchev–Trinajstić information content (AvgIpc) is 3.22. The Hall–Kier alpha value is -3.75. The molecule has 1 aromatic heterocycles. The van der Waals surface area contributed by atoms with Crippen molar-refractivity contribution < 1.29 is 27.4 Å². The number of rotatable bonds is 5. The molecule has 0 aliphatic carbocycles. The van der Waals surface area contributed by atoms with E-state index >= 15 is 0 Å². The van der Waals surface area contributed by atoms with Crippen LogP contribution in [-0.2, 0) is 16.1 Å². The molecule has 0 radical (unpaired) electrons. The van der Waals surface area contributed by atoms with Crippen molar-refractivity contribution in [2.45, 2.75) is 13.5 Å². The first-order chi connectivity index (χ1) is 15.4. The smallest absolute Gasteiger partial charge is 0.289 e. The van der Waals surface area contributed by atoms with Crippen molar-refractivity contribution in [1.29, 1.82) is 0 Å². The largest absolute Gasteiger partial charge is 0.495 e. The molecule has 166 valence electrons. The minimum atomic E-state index is -1.56. The maximum absolute atomic E-state index is 14.0. The molecule has 2 heterocycles. The fraction of sp³-hybridized carbons (Fsp3) is 0.217. The number of nitrogens with zero attached hydrogens (tertiary/aromatic N) is 3. The molecule has 0 bridgehead atoms. The van der Waals surface area contributed by atoms with E-state index in [0.717, 1.165) is 23.5 Å². The van der Waals surface area contributed by atoms with Crippen molar-refractivity contribution in [2.75, 3.05) is 20.3 Å². The van der Waals surface area contributed by atoms with Gasteiger partial charge >= 0.3 is 0 Å². The summed E-state index contributed by atoms with van der Waals surface area (Å²) in [5, 5.41) is 0. The topological polar surface area (TPSA) is 56.6 Å². The van der Waals surface area contributed by atoms with Gasteiger partial charge in [-0.25, -0.2) is 18.2 Å². The van der Waals surface area contributed by atoms with Crippen LogP contribution in [0.25, 0.3) is 11.8 Å². The molecule has 0 atom stereocenters. The van der Waals surface area contributed by atoms with Crippen LogP contribution in [0.3, 0.4) is 0 Å². The fourth-order valence-electron chi connectivity index (χ4n) is 3.43. The summed E-state index contributed by atoms with van der Waals surface area (Å²) in [5.74, 6) is -3.98. The summed E-state index contributed by atoms with van der Waals surface area (Å²) in [6.45, 7) is 2.06.